The van der Waals surface area contributed by atoms with E-state index in [4.69, 9.17) is 19.8 Å². The Balaban J connectivity index is 2.72. The Morgan fingerprint density at radius 2 is 1.61 bits per heavy atom. The van der Waals surface area contributed by atoms with Crippen LogP contribution in [-0.2, 0) is 23.6 Å². The Hall–Kier alpha value is -1.12. The van der Waals surface area contributed by atoms with Crippen LogP contribution in [0.3, 0.4) is 0 Å². The summed E-state index contributed by atoms with van der Waals surface area (Å²) in [7, 11) is -0.253. The number of ether oxygens (including phenoxy) is 1. The zero-order chi connectivity index (χ0) is 21.4. The Morgan fingerprint density at radius 3 is 2.11 bits per heavy atom. The topological polar surface area (TPSA) is 99.9 Å². The summed E-state index contributed by atoms with van der Waals surface area (Å²) in [6.45, 7) is 12.4. The predicted molar refractivity (Wildman–Crippen MR) is 111 cm³/mol. The van der Waals surface area contributed by atoms with Gasteiger partial charge in [0.15, 0.2) is 0 Å². The molecule has 7 nitrogen and oxygen atoms in total. The van der Waals surface area contributed by atoms with Crippen molar-refractivity contribution < 1.29 is 23.6 Å². The highest BCUT2D eigenvalue weighted by molar-refractivity contribution is 6.45. The molecule has 0 aromatic rings. The van der Waals surface area contributed by atoms with Crippen molar-refractivity contribution in [1.29, 1.82) is 0 Å². The van der Waals surface area contributed by atoms with Gasteiger partial charge in [0.05, 0.1) is 17.8 Å². The SMILES string of the molecule is CCOC(=O)C(CCCN)(CCCCB1OC(C)(C)C(C)(C)O1)NC(=O)CC. The van der Waals surface area contributed by atoms with Crippen LogP contribution < -0.4 is 11.1 Å². The van der Waals surface area contributed by atoms with Crippen molar-refractivity contribution in [2.75, 3.05) is 13.2 Å². The van der Waals surface area contributed by atoms with E-state index in [9.17, 15) is 9.59 Å². The zero-order valence-electron chi connectivity index (χ0n) is 18.6. The maximum atomic E-state index is 12.7. The van der Waals surface area contributed by atoms with Gasteiger partial charge in [-0.25, -0.2) is 4.79 Å². The Kier molecular flexibility index (Phi) is 9.44. The molecule has 162 valence electrons. The van der Waals surface area contributed by atoms with Gasteiger partial charge in [-0.05, 0) is 66.7 Å². The Bertz CT molecular complexity index is 511. The third-order valence-electron chi connectivity index (χ3n) is 5.77. The molecule has 0 saturated carbocycles. The molecule has 0 spiro atoms. The summed E-state index contributed by atoms with van der Waals surface area (Å²) in [6, 6.07) is 0. The van der Waals surface area contributed by atoms with Crippen molar-refractivity contribution in [1.82, 2.24) is 5.32 Å². The summed E-state index contributed by atoms with van der Waals surface area (Å²) in [5.41, 5.74) is 3.96. The van der Waals surface area contributed by atoms with Crippen molar-refractivity contribution in [3.8, 4) is 0 Å². The monoisotopic (exact) mass is 398 g/mol. The fourth-order valence-electron chi connectivity index (χ4n) is 3.35. The van der Waals surface area contributed by atoms with Gasteiger partial charge in [0.25, 0.3) is 0 Å². The van der Waals surface area contributed by atoms with Crippen LogP contribution in [0.25, 0.3) is 0 Å². The molecular weight excluding hydrogens is 359 g/mol. The predicted octanol–water partition coefficient (Wildman–Crippen LogP) is 2.82. The van der Waals surface area contributed by atoms with E-state index in [1.54, 1.807) is 13.8 Å². The third-order valence-corrected chi connectivity index (χ3v) is 5.77. The number of nitrogens with one attached hydrogen (secondary N) is 1. The van der Waals surface area contributed by atoms with Crippen LogP contribution in [0, 0.1) is 0 Å². The summed E-state index contributed by atoms with van der Waals surface area (Å²) >= 11 is 0. The Morgan fingerprint density at radius 1 is 1.04 bits per heavy atom. The average Bonchev–Trinajstić information content (AvgIpc) is 2.83. The van der Waals surface area contributed by atoms with Crippen molar-refractivity contribution in [2.45, 2.75) is 103 Å². The molecule has 1 atom stereocenters. The van der Waals surface area contributed by atoms with E-state index < -0.39 is 5.54 Å². The molecule has 0 radical (unpaired) electrons. The molecule has 1 heterocycles. The fraction of sp³-hybridized carbons (Fsp3) is 0.900. The number of amides is 1. The standard InChI is InChI=1S/C20H39BN2O5/c1-7-16(24)23-20(13-11-15-22,17(25)26-8-2)12-9-10-14-21-27-18(3,4)19(5,6)28-21/h7-15,22H2,1-6H3,(H,23,24). The number of nitrogens with two attached hydrogens (primary N) is 1. The van der Waals surface area contributed by atoms with E-state index in [1.165, 1.54) is 0 Å². The highest BCUT2D eigenvalue weighted by atomic mass is 16.7. The maximum absolute atomic E-state index is 12.7. The lowest BCUT2D eigenvalue weighted by Crippen LogP contribution is -2.55. The molecule has 0 aromatic carbocycles. The minimum atomic E-state index is -1.02. The number of rotatable bonds is 12. The van der Waals surface area contributed by atoms with Crippen molar-refractivity contribution in [2.24, 2.45) is 5.73 Å². The minimum Gasteiger partial charge on any atom is -0.464 e. The van der Waals surface area contributed by atoms with Crippen LogP contribution in [-0.4, -0.2) is 48.9 Å². The number of carbonyl (C=O) groups is 2. The molecule has 1 saturated heterocycles. The molecule has 0 aromatic heterocycles. The van der Waals surface area contributed by atoms with E-state index in [2.05, 4.69) is 5.32 Å². The molecular formula is C20H39BN2O5. The van der Waals surface area contributed by atoms with Gasteiger partial charge in [0.1, 0.15) is 5.54 Å². The van der Waals surface area contributed by atoms with Gasteiger partial charge in [-0.1, -0.05) is 19.8 Å². The molecule has 0 bridgehead atoms. The average molecular weight is 398 g/mol. The highest BCUT2D eigenvalue weighted by Crippen LogP contribution is 2.38. The van der Waals surface area contributed by atoms with Gasteiger partial charge >= 0.3 is 13.1 Å². The van der Waals surface area contributed by atoms with Gasteiger partial charge in [-0.2, -0.15) is 0 Å². The van der Waals surface area contributed by atoms with Crippen LogP contribution >= 0.6 is 0 Å². The summed E-state index contributed by atoms with van der Waals surface area (Å²) < 4.78 is 17.3. The second-order valence-electron chi connectivity index (χ2n) is 8.53. The van der Waals surface area contributed by atoms with Crippen LogP contribution in [0.1, 0.15) is 80.1 Å². The molecule has 1 fully saturated rings. The second kappa shape index (κ2) is 10.6. The van der Waals surface area contributed by atoms with E-state index in [1.807, 2.05) is 27.7 Å². The lowest BCUT2D eigenvalue weighted by molar-refractivity contribution is -0.154. The molecule has 8 heteroatoms. The molecule has 1 aliphatic heterocycles. The van der Waals surface area contributed by atoms with Crippen LogP contribution in [0.15, 0.2) is 0 Å². The number of unbranched alkanes of at least 4 members (excludes halogenated alkanes) is 1. The van der Waals surface area contributed by atoms with Gasteiger partial charge in [-0.3, -0.25) is 4.79 Å². The minimum absolute atomic E-state index is 0.156. The van der Waals surface area contributed by atoms with Crippen LogP contribution in [0.4, 0.5) is 0 Å². The lowest BCUT2D eigenvalue weighted by Gasteiger charge is -2.32. The molecule has 1 amide bonds. The first-order valence-electron chi connectivity index (χ1n) is 10.6. The largest absolute Gasteiger partial charge is 0.464 e. The van der Waals surface area contributed by atoms with Gasteiger partial charge in [0.2, 0.25) is 5.91 Å². The van der Waals surface area contributed by atoms with Gasteiger partial charge in [0, 0.05) is 6.42 Å². The van der Waals surface area contributed by atoms with Crippen LogP contribution in [0.2, 0.25) is 6.32 Å². The second-order valence-corrected chi connectivity index (χ2v) is 8.53. The van der Waals surface area contributed by atoms with Crippen molar-refractivity contribution >= 4 is 19.0 Å². The van der Waals surface area contributed by atoms with Crippen molar-refractivity contribution in [3.05, 3.63) is 0 Å². The van der Waals surface area contributed by atoms with Gasteiger partial charge < -0.3 is 25.1 Å². The van der Waals surface area contributed by atoms with Crippen LogP contribution in [0.5, 0.6) is 0 Å². The summed E-state index contributed by atoms with van der Waals surface area (Å²) in [5.74, 6) is -0.531. The normalized spacial score (nSPS) is 19.9. The highest BCUT2D eigenvalue weighted by Gasteiger charge is 2.50. The molecule has 28 heavy (non-hydrogen) atoms. The lowest BCUT2D eigenvalue weighted by atomic mass is 9.80. The molecule has 1 unspecified atom stereocenters. The quantitative estimate of drug-likeness (QED) is 0.298. The van der Waals surface area contributed by atoms with E-state index in [0.717, 1.165) is 19.2 Å². The molecule has 3 N–H and O–H groups in total. The third kappa shape index (κ3) is 6.46. The number of esters is 1. The Labute approximate surface area is 170 Å². The first kappa shape index (κ1) is 24.9. The van der Waals surface area contributed by atoms with E-state index in [0.29, 0.717) is 32.2 Å². The smallest absolute Gasteiger partial charge is 0.457 e. The molecule has 1 rings (SSSR count). The summed E-state index contributed by atoms with van der Waals surface area (Å²) in [5, 5.41) is 2.92. The van der Waals surface area contributed by atoms with Gasteiger partial charge in [-0.15, -0.1) is 0 Å². The molecule has 1 aliphatic rings. The number of hydrogen-bond donors (Lipinski definition) is 2. The van der Waals surface area contributed by atoms with E-state index >= 15 is 0 Å². The number of hydrogen-bond acceptors (Lipinski definition) is 6. The summed E-state index contributed by atoms with van der Waals surface area (Å²) in [4.78, 5) is 24.8. The molecule has 0 aliphatic carbocycles. The van der Waals surface area contributed by atoms with E-state index in [-0.39, 0.29) is 36.8 Å². The maximum Gasteiger partial charge on any atom is 0.457 e. The fourth-order valence-corrected chi connectivity index (χ4v) is 3.35. The zero-order valence-corrected chi connectivity index (χ0v) is 18.6. The van der Waals surface area contributed by atoms with Crippen molar-refractivity contribution in [3.63, 3.8) is 0 Å². The number of carbonyl (C=O) groups excluding carboxylic acids is 2. The summed E-state index contributed by atoms with van der Waals surface area (Å²) in [6.07, 6.45) is 4.25. The first-order valence-corrected chi connectivity index (χ1v) is 10.6. The first-order chi connectivity index (χ1) is 13.0.